The molecule has 0 bridgehead atoms. The molecule has 0 spiro atoms. The van der Waals surface area contributed by atoms with Crippen molar-refractivity contribution in [2.24, 2.45) is 5.73 Å². The van der Waals surface area contributed by atoms with Gasteiger partial charge in [0.05, 0.1) is 19.3 Å². The zero-order valence-corrected chi connectivity index (χ0v) is 15.2. The van der Waals surface area contributed by atoms with E-state index in [9.17, 15) is 4.79 Å². The number of nitrogens with two attached hydrogens (primary N) is 1. The molecule has 1 unspecified atom stereocenters. The van der Waals surface area contributed by atoms with Gasteiger partial charge >= 0.3 is 0 Å². The number of aryl methyl sites for hydroxylation is 1. The molecule has 138 valence electrons. The van der Waals surface area contributed by atoms with Gasteiger partial charge in [-0.05, 0) is 55.5 Å². The van der Waals surface area contributed by atoms with Crippen LogP contribution in [0.2, 0.25) is 0 Å². The van der Waals surface area contributed by atoms with Gasteiger partial charge in [-0.3, -0.25) is 4.79 Å². The van der Waals surface area contributed by atoms with E-state index in [0.717, 1.165) is 25.7 Å². The van der Waals surface area contributed by atoms with Crippen LogP contribution < -0.4 is 20.5 Å². The fourth-order valence-electron chi connectivity index (χ4n) is 3.35. The number of rotatable bonds is 7. The minimum absolute atomic E-state index is 0.125. The number of ether oxygens (including phenoxy) is 2. The highest BCUT2D eigenvalue weighted by molar-refractivity contribution is 5.98. The molecule has 2 aromatic carbocycles. The Morgan fingerprint density at radius 2 is 2.00 bits per heavy atom. The van der Waals surface area contributed by atoms with E-state index in [2.05, 4.69) is 29.6 Å². The molecule has 5 nitrogen and oxygen atoms in total. The summed E-state index contributed by atoms with van der Waals surface area (Å²) in [6, 6.07) is 13.9. The van der Waals surface area contributed by atoms with Crippen LogP contribution in [0.1, 0.15) is 34.3 Å². The van der Waals surface area contributed by atoms with E-state index >= 15 is 0 Å². The minimum atomic E-state index is -0.129. The second-order valence-electron chi connectivity index (χ2n) is 6.51. The monoisotopic (exact) mass is 354 g/mol. The molecule has 26 heavy (non-hydrogen) atoms. The number of hydrogen-bond donors (Lipinski definition) is 2. The van der Waals surface area contributed by atoms with Gasteiger partial charge < -0.3 is 20.5 Å². The molecule has 5 heteroatoms. The summed E-state index contributed by atoms with van der Waals surface area (Å²) in [6.07, 6.45) is 3.50. The van der Waals surface area contributed by atoms with Gasteiger partial charge in [-0.2, -0.15) is 0 Å². The van der Waals surface area contributed by atoms with Crippen LogP contribution in [0.15, 0.2) is 42.5 Å². The maximum atomic E-state index is 12.9. The Bertz CT molecular complexity index is 761. The molecule has 2 aromatic rings. The SMILES string of the molecule is COc1cccc(C(=O)NC2CCc3ccccc3C2)c1OCCCN. The van der Waals surface area contributed by atoms with Crippen LogP contribution in [0.25, 0.3) is 0 Å². The highest BCUT2D eigenvalue weighted by Gasteiger charge is 2.23. The second-order valence-corrected chi connectivity index (χ2v) is 6.51. The Morgan fingerprint density at radius 3 is 2.77 bits per heavy atom. The molecule has 0 fully saturated rings. The first-order valence-corrected chi connectivity index (χ1v) is 9.10. The highest BCUT2D eigenvalue weighted by Crippen LogP contribution is 2.31. The third-order valence-electron chi connectivity index (χ3n) is 4.72. The number of carbonyl (C=O) groups is 1. The average molecular weight is 354 g/mol. The molecule has 0 aliphatic heterocycles. The van der Waals surface area contributed by atoms with Gasteiger partial charge in [0.25, 0.3) is 5.91 Å². The van der Waals surface area contributed by atoms with E-state index in [0.29, 0.717) is 30.2 Å². The Hall–Kier alpha value is -2.53. The Labute approximate surface area is 154 Å². The van der Waals surface area contributed by atoms with Gasteiger partial charge in [0.15, 0.2) is 11.5 Å². The van der Waals surface area contributed by atoms with Crippen LogP contribution in [-0.4, -0.2) is 32.2 Å². The zero-order chi connectivity index (χ0) is 18.4. The molecule has 0 aromatic heterocycles. The molecule has 0 radical (unpaired) electrons. The lowest BCUT2D eigenvalue weighted by molar-refractivity contribution is 0.0928. The molecule has 1 atom stereocenters. The lowest BCUT2D eigenvalue weighted by atomic mass is 9.88. The van der Waals surface area contributed by atoms with E-state index < -0.39 is 0 Å². The smallest absolute Gasteiger partial charge is 0.255 e. The number of nitrogens with one attached hydrogen (secondary N) is 1. The summed E-state index contributed by atoms with van der Waals surface area (Å²) in [4.78, 5) is 12.9. The predicted octanol–water partition coefficient (Wildman–Crippen LogP) is 2.71. The lowest BCUT2D eigenvalue weighted by Gasteiger charge is -2.26. The molecule has 0 saturated heterocycles. The zero-order valence-electron chi connectivity index (χ0n) is 15.2. The second kappa shape index (κ2) is 8.72. The normalized spacial score (nSPS) is 15.8. The van der Waals surface area contributed by atoms with Crippen LogP contribution in [0, 0.1) is 0 Å². The van der Waals surface area contributed by atoms with E-state index in [1.165, 1.54) is 11.1 Å². The molecule has 1 amide bonds. The first-order chi connectivity index (χ1) is 12.7. The van der Waals surface area contributed by atoms with Gasteiger partial charge in [-0.15, -0.1) is 0 Å². The maximum Gasteiger partial charge on any atom is 0.255 e. The van der Waals surface area contributed by atoms with Crippen LogP contribution in [0.3, 0.4) is 0 Å². The van der Waals surface area contributed by atoms with Gasteiger partial charge in [0, 0.05) is 6.04 Å². The number of amides is 1. The van der Waals surface area contributed by atoms with Crippen molar-refractivity contribution in [3.05, 3.63) is 59.2 Å². The molecule has 0 saturated carbocycles. The standard InChI is InChI=1S/C21H26N2O3/c1-25-19-9-4-8-18(20(19)26-13-5-12-22)21(24)23-17-11-10-15-6-2-3-7-16(15)14-17/h2-4,6-9,17H,5,10-14,22H2,1H3,(H,23,24). The van der Waals surface area contributed by atoms with Crippen molar-refractivity contribution in [1.82, 2.24) is 5.32 Å². The Balaban J connectivity index is 1.73. The van der Waals surface area contributed by atoms with Crippen molar-refractivity contribution in [3.8, 4) is 11.5 Å². The van der Waals surface area contributed by atoms with Crippen molar-refractivity contribution in [3.63, 3.8) is 0 Å². The van der Waals surface area contributed by atoms with Crippen molar-refractivity contribution < 1.29 is 14.3 Å². The Morgan fingerprint density at radius 1 is 1.19 bits per heavy atom. The van der Waals surface area contributed by atoms with E-state index in [4.69, 9.17) is 15.2 Å². The summed E-state index contributed by atoms with van der Waals surface area (Å²) < 4.78 is 11.2. The number of benzene rings is 2. The summed E-state index contributed by atoms with van der Waals surface area (Å²) in [5, 5.41) is 3.16. The van der Waals surface area contributed by atoms with Gasteiger partial charge in [-0.25, -0.2) is 0 Å². The molecule has 1 aliphatic rings. The molecule has 0 heterocycles. The number of methoxy groups -OCH3 is 1. The first-order valence-electron chi connectivity index (χ1n) is 9.10. The molecule has 3 rings (SSSR count). The number of carbonyl (C=O) groups excluding carboxylic acids is 1. The van der Waals surface area contributed by atoms with Crippen LogP contribution in [0.4, 0.5) is 0 Å². The van der Waals surface area contributed by atoms with E-state index in [1.807, 2.05) is 0 Å². The quantitative estimate of drug-likeness (QED) is 0.750. The fourth-order valence-corrected chi connectivity index (χ4v) is 3.35. The summed E-state index contributed by atoms with van der Waals surface area (Å²) in [6.45, 7) is 0.992. The maximum absolute atomic E-state index is 12.9. The minimum Gasteiger partial charge on any atom is -0.493 e. The summed E-state index contributed by atoms with van der Waals surface area (Å²) >= 11 is 0. The number of fused-ring (bicyclic) bond motifs is 1. The number of hydrogen-bond acceptors (Lipinski definition) is 4. The predicted molar refractivity (Wildman–Crippen MR) is 102 cm³/mol. The fraction of sp³-hybridized carbons (Fsp3) is 0.381. The van der Waals surface area contributed by atoms with E-state index in [-0.39, 0.29) is 11.9 Å². The van der Waals surface area contributed by atoms with Crippen molar-refractivity contribution in [2.45, 2.75) is 31.7 Å². The summed E-state index contributed by atoms with van der Waals surface area (Å²) in [5.41, 5.74) is 8.73. The third-order valence-corrected chi connectivity index (χ3v) is 4.72. The molecular weight excluding hydrogens is 328 g/mol. The molecule has 3 N–H and O–H groups in total. The third kappa shape index (κ3) is 4.17. The highest BCUT2D eigenvalue weighted by atomic mass is 16.5. The van der Waals surface area contributed by atoms with Gasteiger partial charge in [0.1, 0.15) is 0 Å². The van der Waals surface area contributed by atoms with Crippen molar-refractivity contribution in [1.29, 1.82) is 0 Å². The van der Waals surface area contributed by atoms with Crippen LogP contribution in [0.5, 0.6) is 11.5 Å². The van der Waals surface area contributed by atoms with E-state index in [1.54, 1.807) is 25.3 Å². The first kappa shape index (κ1) is 18.3. The molecular formula is C21H26N2O3. The van der Waals surface area contributed by atoms with Crippen molar-refractivity contribution in [2.75, 3.05) is 20.3 Å². The number of para-hydroxylation sites is 1. The lowest BCUT2D eigenvalue weighted by Crippen LogP contribution is -2.39. The average Bonchev–Trinajstić information content (AvgIpc) is 2.68. The summed E-state index contributed by atoms with van der Waals surface area (Å²) in [5.74, 6) is 0.914. The van der Waals surface area contributed by atoms with Gasteiger partial charge in [0.2, 0.25) is 0 Å². The topological polar surface area (TPSA) is 73.6 Å². The van der Waals surface area contributed by atoms with Gasteiger partial charge in [-0.1, -0.05) is 30.3 Å². The largest absolute Gasteiger partial charge is 0.493 e. The van der Waals surface area contributed by atoms with Crippen molar-refractivity contribution >= 4 is 5.91 Å². The Kier molecular flexibility index (Phi) is 6.12. The van der Waals surface area contributed by atoms with Crippen LogP contribution >= 0.6 is 0 Å². The molecule has 1 aliphatic carbocycles. The summed E-state index contributed by atoms with van der Waals surface area (Å²) in [7, 11) is 1.57. The van der Waals surface area contributed by atoms with Crippen LogP contribution in [-0.2, 0) is 12.8 Å².